The van der Waals surface area contributed by atoms with Gasteiger partial charge in [-0.05, 0) is 57.2 Å². The number of hydrogen-bond acceptors (Lipinski definition) is 4. The summed E-state index contributed by atoms with van der Waals surface area (Å²) >= 11 is 0. The highest BCUT2D eigenvalue weighted by atomic mass is 16.5. The van der Waals surface area contributed by atoms with E-state index in [1.54, 1.807) is 0 Å². The number of nitrogens with zero attached hydrogens (tertiary/aromatic N) is 4. The molecule has 1 aromatic rings. The van der Waals surface area contributed by atoms with Crippen molar-refractivity contribution in [2.45, 2.75) is 32.2 Å². The molecule has 0 aromatic carbocycles. The maximum absolute atomic E-state index is 6.09. The Morgan fingerprint density at radius 1 is 1.21 bits per heavy atom. The van der Waals surface area contributed by atoms with E-state index in [-0.39, 0.29) is 0 Å². The summed E-state index contributed by atoms with van der Waals surface area (Å²) in [6.07, 6.45) is 9.55. The van der Waals surface area contributed by atoms with Crippen molar-refractivity contribution in [3.05, 3.63) is 18.0 Å². The summed E-state index contributed by atoms with van der Waals surface area (Å²) in [5.74, 6) is 1.60. The van der Waals surface area contributed by atoms with Crippen LogP contribution in [0.3, 0.4) is 0 Å². The zero-order valence-corrected chi connectivity index (χ0v) is 15.3. The van der Waals surface area contributed by atoms with Crippen LogP contribution in [0.2, 0.25) is 0 Å². The highest BCUT2D eigenvalue weighted by Crippen LogP contribution is 2.44. The fourth-order valence-electron chi connectivity index (χ4n) is 4.73. The average Bonchev–Trinajstić information content (AvgIpc) is 3.21. The Kier molecular flexibility index (Phi) is 4.67. The van der Waals surface area contributed by atoms with Crippen LogP contribution < -0.4 is 0 Å². The highest BCUT2D eigenvalue weighted by molar-refractivity contribution is 5.05. The normalized spacial score (nSPS) is 28.0. The van der Waals surface area contributed by atoms with Gasteiger partial charge in [-0.2, -0.15) is 5.10 Å². The third kappa shape index (κ3) is 3.68. The Labute approximate surface area is 145 Å². The number of likely N-dealkylation sites (tertiary alicyclic amines) is 2. The summed E-state index contributed by atoms with van der Waals surface area (Å²) < 4.78 is 7.99. The Morgan fingerprint density at radius 2 is 2.00 bits per heavy atom. The third-order valence-electron chi connectivity index (χ3n) is 6.37. The Morgan fingerprint density at radius 3 is 2.67 bits per heavy atom. The molecule has 3 heterocycles. The van der Waals surface area contributed by atoms with Crippen LogP contribution in [0.1, 0.15) is 31.2 Å². The van der Waals surface area contributed by atoms with Crippen LogP contribution in [-0.2, 0) is 18.3 Å². The van der Waals surface area contributed by atoms with Gasteiger partial charge < -0.3 is 9.64 Å². The van der Waals surface area contributed by atoms with Crippen LogP contribution in [0, 0.1) is 17.3 Å². The first-order valence-electron chi connectivity index (χ1n) is 9.59. The first kappa shape index (κ1) is 16.6. The molecule has 1 aromatic heterocycles. The lowest BCUT2D eigenvalue weighted by molar-refractivity contribution is 0.0167. The number of rotatable bonds is 6. The molecule has 5 heteroatoms. The molecule has 3 aliphatic rings. The standard InChI is InChI=1S/C19H32N4O/c1-21-12-18(14-24-13-16-3-4-16)19(15-21)5-7-23(8-6-19)11-17-9-20-22(2)10-17/h9-10,16,18H,3-8,11-15H2,1-2H3/t18-/m0/s1. The van der Waals surface area contributed by atoms with Crippen molar-refractivity contribution >= 4 is 0 Å². The second-order valence-electron chi connectivity index (χ2n) is 8.54. The molecule has 2 aliphatic heterocycles. The first-order chi connectivity index (χ1) is 11.6. The average molecular weight is 332 g/mol. The third-order valence-corrected chi connectivity index (χ3v) is 6.37. The predicted molar refractivity (Wildman–Crippen MR) is 94.7 cm³/mol. The van der Waals surface area contributed by atoms with Gasteiger partial charge in [-0.1, -0.05) is 0 Å². The Balaban J connectivity index is 1.31. The van der Waals surface area contributed by atoms with Gasteiger partial charge in [0.15, 0.2) is 0 Å². The van der Waals surface area contributed by atoms with Crippen LogP contribution in [0.4, 0.5) is 0 Å². The monoisotopic (exact) mass is 332 g/mol. The molecule has 1 saturated carbocycles. The molecule has 1 atom stereocenters. The predicted octanol–water partition coefficient (Wildman–Crippen LogP) is 1.99. The number of hydrogen-bond donors (Lipinski definition) is 0. The Bertz CT molecular complexity index is 545. The fraction of sp³-hybridized carbons (Fsp3) is 0.842. The maximum atomic E-state index is 6.09. The van der Waals surface area contributed by atoms with Gasteiger partial charge in [0.25, 0.3) is 0 Å². The first-order valence-corrected chi connectivity index (χ1v) is 9.59. The minimum absolute atomic E-state index is 0.490. The molecule has 0 amide bonds. The van der Waals surface area contributed by atoms with Crippen molar-refractivity contribution in [1.82, 2.24) is 19.6 Å². The van der Waals surface area contributed by atoms with Gasteiger partial charge in [-0.25, -0.2) is 0 Å². The largest absolute Gasteiger partial charge is 0.381 e. The van der Waals surface area contributed by atoms with Crippen LogP contribution in [0.15, 0.2) is 12.4 Å². The fourth-order valence-corrected chi connectivity index (χ4v) is 4.73. The Hall–Kier alpha value is -0.910. The van der Waals surface area contributed by atoms with Crippen molar-refractivity contribution in [2.24, 2.45) is 24.3 Å². The molecule has 0 unspecified atom stereocenters. The van der Waals surface area contributed by atoms with Crippen LogP contribution >= 0.6 is 0 Å². The lowest BCUT2D eigenvalue weighted by Crippen LogP contribution is -2.44. The summed E-state index contributed by atoms with van der Waals surface area (Å²) in [4.78, 5) is 5.13. The lowest BCUT2D eigenvalue weighted by atomic mass is 9.71. The van der Waals surface area contributed by atoms with Gasteiger partial charge in [0.1, 0.15) is 0 Å². The van der Waals surface area contributed by atoms with Crippen molar-refractivity contribution < 1.29 is 4.74 Å². The van der Waals surface area contributed by atoms with E-state index in [0.717, 1.165) is 31.6 Å². The molecule has 3 fully saturated rings. The molecule has 0 radical (unpaired) electrons. The smallest absolute Gasteiger partial charge is 0.0534 e. The summed E-state index contributed by atoms with van der Waals surface area (Å²) in [6.45, 7) is 7.91. The molecular weight excluding hydrogens is 300 g/mol. The molecular formula is C19H32N4O. The van der Waals surface area contributed by atoms with Gasteiger partial charge >= 0.3 is 0 Å². The molecule has 0 N–H and O–H groups in total. The molecule has 24 heavy (non-hydrogen) atoms. The van der Waals surface area contributed by atoms with Crippen molar-refractivity contribution in [3.63, 3.8) is 0 Å². The van der Waals surface area contributed by atoms with Crippen molar-refractivity contribution in [3.8, 4) is 0 Å². The number of piperidine rings is 1. The van der Waals surface area contributed by atoms with E-state index in [1.165, 1.54) is 57.4 Å². The molecule has 4 rings (SSSR count). The van der Waals surface area contributed by atoms with Gasteiger partial charge in [-0.3, -0.25) is 9.58 Å². The molecule has 134 valence electrons. The van der Waals surface area contributed by atoms with E-state index < -0.39 is 0 Å². The quantitative estimate of drug-likeness (QED) is 0.798. The number of aromatic nitrogens is 2. The second-order valence-corrected chi connectivity index (χ2v) is 8.54. The minimum atomic E-state index is 0.490. The van der Waals surface area contributed by atoms with Crippen molar-refractivity contribution in [2.75, 3.05) is 46.4 Å². The molecule has 1 spiro atoms. The zero-order chi connectivity index (χ0) is 16.6. The minimum Gasteiger partial charge on any atom is -0.381 e. The summed E-state index contributed by atoms with van der Waals surface area (Å²) in [7, 11) is 4.28. The summed E-state index contributed by atoms with van der Waals surface area (Å²) in [5.41, 5.74) is 1.82. The van der Waals surface area contributed by atoms with E-state index >= 15 is 0 Å². The molecule has 1 aliphatic carbocycles. The molecule has 5 nitrogen and oxygen atoms in total. The number of aryl methyl sites for hydroxylation is 1. The van der Waals surface area contributed by atoms with E-state index in [0.29, 0.717) is 5.41 Å². The van der Waals surface area contributed by atoms with Gasteiger partial charge in [-0.15, -0.1) is 0 Å². The van der Waals surface area contributed by atoms with E-state index in [1.807, 2.05) is 17.9 Å². The number of ether oxygens (including phenoxy) is 1. The molecule has 2 saturated heterocycles. The zero-order valence-electron chi connectivity index (χ0n) is 15.3. The van der Waals surface area contributed by atoms with Gasteiger partial charge in [0.2, 0.25) is 0 Å². The maximum Gasteiger partial charge on any atom is 0.0534 e. The molecule has 0 bridgehead atoms. The van der Waals surface area contributed by atoms with Crippen LogP contribution in [0.5, 0.6) is 0 Å². The van der Waals surface area contributed by atoms with E-state index in [9.17, 15) is 0 Å². The lowest BCUT2D eigenvalue weighted by Gasteiger charge is -2.42. The second kappa shape index (κ2) is 6.77. The summed E-state index contributed by atoms with van der Waals surface area (Å²) in [5, 5.41) is 4.29. The summed E-state index contributed by atoms with van der Waals surface area (Å²) in [6, 6.07) is 0. The topological polar surface area (TPSA) is 33.5 Å². The van der Waals surface area contributed by atoms with E-state index in [2.05, 4.69) is 28.1 Å². The van der Waals surface area contributed by atoms with Gasteiger partial charge in [0, 0.05) is 51.0 Å². The van der Waals surface area contributed by atoms with Gasteiger partial charge in [0.05, 0.1) is 12.8 Å². The van der Waals surface area contributed by atoms with Crippen molar-refractivity contribution in [1.29, 1.82) is 0 Å². The van der Waals surface area contributed by atoms with E-state index in [4.69, 9.17) is 4.74 Å². The highest BCUT2D eigenvalue weighted by Gasteiger charge is 2.46. The SMILES string of the molecule is CN1C[C@@H](COCC2CC2)C2(CCN(Cc3cnn(C)c3)CC2)C1. The van der Waals surface area contributed by atoms with Crippen LogP contribution in [0.25, 0.3) is 0 Å². The van der Waals surface area contributed by atoms with Crippen LogP contribution in [-0.4, -0.2) is 66.0 Å².